The van der Waals surface area contributed by atoms with Gasteiger partial charge >= 0.3 is 0 Å². The van der Waals surface area contributed by atoms with E-state index in [0.29, 0.717) is 10.8 Å². The zero-order valence-corrected chi connectivity index (χ0v) is 10.7. The molecule has 2 aliphatic carbocycles. The van der Waals surface area contributed by atoms with E-state index in [0.717, 1.165) is 24.8 Å². The lowest BCUT2D eigenvalue weighted by atomic mass is 10.1. The summed E-state index contributed by atoms with van der Waals surface area (Å²) < 4.78 is 24.7. The van der Waals surface area contributed by atoms with Crippen LogP contribution < -0.4 is 0 Å². The van der Waals surface area contributed by atoms with Crippen molar-refractivity contribution in [1.82, 2.24) is 0 Å². The lowest BCUT2D eigenvalue weighted by molar-refractivity contribution is 0.556. The number of sulfone groups is 1. The van der Waals surface area contributed by atoms with Gasteiger partial charge in [-0.15, -0.1) is 0 Å². The third kappa shape index (κ3) is 1.48. The van der Waals surface area contributed by atoms with E-state index in [4.69, 9.17) is 0 Å². The van der Waals surface area contributed by atoms with Crippen LogP contribution in [0, 0.1) is 12.8 Å². The molecule has 1 saturated carbocycles. The Kier molecular flexibility index (Phi) is 2.24. The molecule has 90 valence electrons. The molecule has 0 saturated heterocycles. The van der Waals surface area contributed by atoms with Crippen LogP contribution in [0.2, 0.25) is 0 Å². The van der Waals surface area contributed by atoms with Crippen LogP contribution in [0.25, 0.3) is 0 Å². The summed E-state index contributed by atoms with van der Waals surface area (Å²) in [4.78, 5) is 0.468. The summed E-state index contributed by atoms with van der Waals surface area (Å²) in [6.07, 6.45) is 6.58. The first kappa shape index (κ1) is 11.0. The fourth-order valence-electron chi connectivity index (χ4n) is 2.99. The molecule has 0 heterocycles. The van der Waals surface area contributed by atoms with Gasteiger partial charge in [0, 0.05) is 0 Å². The van der Waals surface area contributed by atoms with Gasteiger partial charge in [-0.05, 0) is 44.2 Å². The fourth-order valence-corrected chi connectivity index (χ4v) is 5.03. The molecule has 0 aromatic heterocycles. The van der Waals surface area contributed by atoms with Gasteiger partial charge < -0.3 is 0 Å². The van der Waals surface area contributed by atoms with Gasteiger partial charge in [-0.25, -0.2) is 8.42 Å². The summed E-state index contributed by atoms with van der Waals surface area (Å²) in [5.74, 6) is 0.482. The summed E-state index contributed by atoms with van der Waals surface area (Å²) in [6, 6.07) is 7.21. The Morgan fingerprint density at radius 1 is 1.24 bits per heavy atom. The molecule has 2 atom stereocenters. The van der Waals surface area contributed by atoms with Crippen LogP contribution in [-0.4, -0.2) is 13.2 Å². The third-order valence-electron chi connectivity index (χ3n) is 4.08. The Balaban J connectivity index is 2.07. The van der Waals surface area contributed by atoms with E-state index in [2.05, 4.69) is 6.08 Å². The van der Waals surface area contributed by atoms with Crippen molar-refractivity contribution < 1.29 is 8.42 Å². The first-order valence-corrected chi connectivity index (χ1v) is 7.53. The SMILES string of the molecule is Cc1ccc(S(=O)(=O)C23C=CC(CC2)C3)cc1. The Morgan fingerprint density at radius 2 is 1.94 bits per heavy atom. The summed E-state index contributed by atoms with van der Waals surface area (Å²) in [5.41, 5.74) is 1.09. The molecule has 0 aliphatic heterocycles. The molecular weight excluding hydrogens is 232 g/mol. The minimum atomic E-state index is -3.21. The minimum absolute atomic E-state index is 0.468. The van der Waals surface area contributed by atoms with Gasteiger partial charge in [-0.2, -0.15) is 0 Å². The molecule has 0 spiro atoms. The van der Waals surface area contributed by atoms with Crippen molar-refractivity contribution in [3.8, 4) is 0 Å². The topological polar surface area (TPSA) is 34.1 Å². The van der Waals surface area contributed by atoms with E-state index in [9.17, 15) is 8.42 Å². The Hall–Kier alpha value is -1.09. The summed E-state index contributed by atoms with van der Waals surface area (Å²) >= 11 is 0. The molecule has 3 heteroatoms. The van der Waals surface area contributed by atoms with Gasteiger partial charge in [-0.3, -0.25) is 0 Å². The van der Waals surface area contributed by atoms with Crippen LogP contribution in [0.15, 0.2) is 41.3 Å². The van der Waals surface area contributed by atoms with E-state index >= 15 is 0 Å². The lowest BCUT2D eigenvalue weighted by Gasteiger charge is -2.23. The van der Waals surface area contributed by atoms with Gasteiger partial charge in [0.25, 0.3) is 0 Å². The largest absolute Gasteiger partial charge is 0.223 e. The molecule has 2 nitrogen and oxygen atoms in total. The molecule has 0 amide bonds. The van der Waals surface area contributed by atoms with Gasteiger partial charge in [0.1, 0.15) is 0 Å². The standard InChI is InChI=1S/C14H16O2S/c1-11-2-4-13(5-3-11)17(15,16)14-8-6-12(10-14)7-9-14/h2-6,8,12H,7,9-10H2,1H3. The van der Waals surface area contributed by atoms with Crippen LogP contribution in [0.4, 0.5) is 0 Å². The van der Waals surface area contributed by atoms with Crippen molar-refractivity contribution in [3.63, 3.8) is 0 Å². The second-order valence-electron chi connectivity index (χ2n) is 5.24. The van der Waals surface area contributed by atoms with Crippen LogP contribution in [0.3, 0.4) is 0 Å². The molecule has 1 fully saturated rings. The number of aryl methyl sites for hydroxylation is 1. The predicted molar refractivity (Wildman–Crippen MR) is 67.6 cm³/mol. The van der Waals surface area contributed by atoms with Crippen molar-refractivity contribution >= 4 is 9.84 Å². The quantitative estimate of drug-likeness (QED) is 0.754. The number of rotatable bonds is 2. The Bertz CT molecular complexity index is 569. The first-order chi connectivity index (χ1) is 8.03. The molecule has 0 N–H and O–H groups in total. The van der Waals surface area contributed by atoms with Crippen LogP contribution >= 0.6 is 0 Å². The first-order valence-electron chi connectivity index (χ1n) is 6.04. The van der Waals surface area contributed by atoms with E-state index in [1.54, 1.807) is 12.1 Å². The van der Waals surface area contributed by atoms with E-state index in [-0.39, 0.29) is 0 Å². The maximum Gasteiger partial charge on any atom is 0.187 e. The normalized spacial score (nSPS) is 31.0. The molecule has 2 aliphatic rings. The zero-order valence-electron chi connectivity index (χ0n) is 9.89. The van der Waals surface area contributed by atoms with Gasteiger partial charge in [0.15, 0.2) is 9.84 Å². The van der Waals surface area contributed by atoms with E-state index in [1.165, 1.54) is 0 Å². The van der Waals surface area contributed by atoms with Crippen molar-refractivity contribution in [1.29, 1.82) is 0 Å². The van der Waals surface area contributed by atoms with Crippen molar-refractivity contribution in [3.05, 3.63) is 42.0 Å². The van der Waals surface area contributed by atoms with Gasteiger partial charge in [0.05, 0.1) is 9.64 Å². The highest BCUT2D eigenvalue weighted by Crippen LogP contribution is 2.49. The van der Waals surface area contributed by atoms with Crippen LogP contribution in [-0.2, 0) is 9.84 Å². The third-order valence-corrected chi connectivity index (χ3v) is 6.55. The Morgan fingerprint density at radius 3 is 2.41 bits per heavy atom. The summed E-state index contributed by atoms with van der Waals surface area (Å²) in [7, 11) is -3.21. The highest BCUT2D eigenvalue weighted by atomic mass is 32.2. The second-order valence-corrected chi connectivity index (χ2v) is 7.53. The number of hydrogen-bond donors (Lipinski definition) is 0. The van der Waals surface area contributed by atoms with Gasteiger partial charge in [0.2, 0.25) is 0 Å². The molecule has 3 rings (SSSR count). The second kappa shape index (κ2) is 3.45. The molecule has 0 radical (unpaired) electrons. The summed E-state index contributed by atoms with van der Waals surface area (Å²) in [5, 5.41) is 0. The average Bonchev–Trinajstić information content (AvgIpc) is 2.91. The average molecular weight is 248 g/mol. The molecule has 2 unspecified atom stereocenters. The number of hydrogen-bond acceptors (Lipinski definition) is 2. The molecule has 1 aromatic carbocycles. The highest BCUT2D eigenvalue weighted by molar-refractivity contribution is 7.93. The number of benzene rings is 1. The number of fused-ring (bicyclic) bond motifs is 2. The van der Waals surface area contributed by atoms with Crippen LogP contribution in [0.5, 0.6) is 0 Å². The van der Waals surface area contributed by atoms with E-state index < -0.39 is 14.6 Å². The molecule has 2 bridgehead atoms. The van der Waals surface area contributed by atoms with Crippen LogP contribution in [0.1, 0.15) is 24.8 Å². The van der Waals surface area contributed by atoms with Crippen molar-refractivity contribution in [2.24, 2.45) is 5.92 Å². The zero-order chi connectivity index (χ0) is 12.1. The lowest BCUT2D eigenvalue weighted by Crippen LogP contribution is -2.32. The van der Waals surface area contributed by atoms with E-state index in [1.807, 2.05) is 25.1 Å². The maximum absolute atomic E-state index is 12.7. The smallest absolute Gasteiger partial charge is 0.187 e. The Labute approximate surface area is 102 Å². The molecular formula is C14H16O2S. The highest BCUT2D eigenvalue weighted by Gasteiger charge is 2.50. The predicted octanol–water partition coefficient (Wildman–Crippen LogP) is 2.88. The van der Waals surface area contributed by atoms with Gasteiger partial charge in [-0.1, -0.05) is 29.8 Å². The maximum atomic E-state index is 12.7. The fraction of sp³-hybridized carbons (Fsp3) is 0.429. The summed E-state index contributed by atoms with van der Waals surface area (Å²) in [6.45, 7) is 1.97. The minimum Gasteiger partial charge on any atom is -0.223 e. The molecule has 17 heavy (non-hydrogen) atoms. The van der Waals surface area contributed by atoms with Crippen molar-refractivity contribution in [2.45, 2.75) is 35.8 Å². The molecule has 1 aromatic rings. The monoisotopic (exact) mass is 248 g/mol. The number of allylic oxidation sites excluding steroid dienone is 1. The van der Waals surface area contributed by atoms with Crippen molar-refractivity contribution in [2.75, 3.05) is 0 Å².